The maximum atomic E-state index is 12.0. The summed E-state index contributed by atoms with van der Waals surface area (Å²) in [6, 6.07) is 0.102. The van der Waals surface area contributed by atoms with Crippen molar-refractivity contribution in [3.8, 4) is 0 Å². The molecular weight excluding hydrogens is 310 g/mol. The van der Waals surface area contributed by atoms with Crippen molar-refractivity contribution in [2.45, 2.75) is 76.9 Å². The molecule has 0 saturated carbocycles. The zero-order chi connectivity index (χ0) is 17.2. The maximum absolute atomic E-state index is 12.0. The molecule has 0 bridgehead atoms. The molecule has 0 spiro atoms. The van der Waals surface area contributed by atoms with Crippen LogP contribution in [0.15, 0.2) is 12.7 Å². The van der Waals surface area contributed by atoms with E-state index in [0.29, 0.717) is 0 Å². The fourth-order valence-electron chi connectivity index (χ4n) is 3.67. The van der Waals surface area contributed by atoms with Crippen molar-refractivity contribution in [1.82, 2.24) is 4.23 Å². The number of aliphatic carboxylic acids is 1. The third kappa shape index (κ3) is 5.84. The van der Waals surface area contributed by atoms with Gasteiger partial charge in [0.1, 0.15) is 16.5 Å². The zero-order valence-electron chi connectivity index (χ0n) is 15.4. The molecule has 0 aromatic carbocycles. The second-order valence-corrected chi connectivity index (χ2v) is 24.4. The smallest absolute Gasteiger partial charge is 0.305 e. The molecule has 0 aromatic rings. The second-order valence-electron chi connectivity index (χ2n) is 8.99. The van der Waals surface area contributed by atoms with Crippen molar-refractivity contribution in [2.75, 3.05) is 0 Å². The van der Waals surface area contributed by atoms with E-state index in [-0.39, 0.29) is 11.6 Å². The minimum absolute atomic E-state index is 0.102. The molecule has 0 aromatic heterocycles. The molecule has 0 fully saturated rings. The molecular formula is C15H35NO2Si3. The Morgan fingerprint density at radius 3 is 1.62 bits per heavy atom. The van der Waals surface area contributed by atoms with Gasteiger partial charge in [-0.05, 0) is 6.42 Å². The lowest BCUT2D eigenvalue weighted by Gasteiger charge is -2.52. The van der Waals surface area contributed by atoms with Gasteiger partial charge in [-0.15, -0.1) is 6.58 Å². The van der Waals surface area contributed by atoms with E-state index >= 15 is 0 Å². The van der Waals surface area contributed by atoms with E-state index in [0.717, 1.165) is 6.42 Å². The highest BCUT2D eigenvalue weighted by molar-refractivity contribution is 6.90. The number of hydrogen-bond donors (Lipinski definition) is 1. The summed E-state index contributed by atoms with van der Waals surface area (Å²) >= 11 is 0. The van der Waals surface area contributed by atoms with Gasteiger partial charge >= 0.3 is 5.97 Å². The van der Waals surface area contributed by atoms with Crippen molar-refractivity contribution in [1.29, 1.82) is 0 Å². The average molecular weight is 346 g/mol. The standard InChI is InChI=1S/C15H35NO2Si3/c1-11-12-13(14(15(17)18)19(2,3)4)16(20(5,6)7)21(8,9)10/h11,13-14H,1,12H2,2-10H3,(H,17,18). The van der Waals surface area contributed by atoms with Crippen LogP contribution in [0.1, 0.15) is 6.42 Å². The predicted molar refractivity (Wildman–Crippen MR) is 102 cm³/mol. The Kier molecular flexibility index (Phi) is 6.87. The van der Waals surface area contributed by atoms with Crippen molar-refractivity contribution < 1.29 is 9.90 Å². The molecule has 21 heavy (non-hydrogen) atoms. The van der Waals surface area contributed by atoms with E-state index in [9.17, 15) is 9.90 Å². The fourth-order valence-corrected chi connectivity index (χ4v) is 16.7. The molecule has 0 aliphatic rings. The molecule has 0 amide bonds. The van der Waals surface area contributed by atoms with Crippen LogP contribution in [0.5, 0.6) is 0 Å². The van der Waals surface area contributed by atoms with Gasteiger partial charge in [-0.25, -0.2) is 0 Å². The third-order valence-corrected chi connectivity index (χ3v) is 13.8. The first-order valence-corrected chi connectivity index (χ1v) is 18.2. The highest BCUT2D eigenvalue weighted by Crippen LogP contribution is 2.36. The van der Waals surface area contributed by atoms with E-state index in [1.54, 1.807) is 0 Å². The lowest BCUT2D eigenvalue weighted by Crippen LogP contribution is -2.66. The van der Waals surface area contributed by atoms with E-state index < -0.39 is 30.5 Å². The van der Waals surface area contributed by atoms with Crippen LogP contribution in [-0.4, -0.2) is 45.9 Å². The Hall–Kier alpha value is -0.179. The molecule has 6 heteroatoms. The Morgan fingerprint density at radius 2 is 1.43 bits per heavy atom. The van der Waals surface area contributed by atoms with Gasteiger partial charge in [-0.3, -0.25) is 4.79 Å². The van der Waals surface area contributed by atoms with Crippen molar-refractivity contribution in [3.05, 3.63) is 12.7 Å². The second kappa shape index (κ2) is 6.93. The fraction of sp³-hybridized carbons (Fsp3) is 0.800. The minimum atomic E-state index is -1.81. The van der Waals surface area contributed by atoms with Gasteiger partial charge in [0.25, 0.3) is 0 Å². The van der Waals surface area contributed by atoms with Gasteiger partial charge in [0.15, 0.2) is 0 Å². The largest absolute Gasteiger partial charge is 0.481 e. The summed E-state index contributed by atoms with van der Waals surface area (Å²) in [6.07, 6.45) is 2.68. The van der Waals surface area contributed by atoms with Crippen LogP contribution in [0.3, 0.4) is 0 Å². The summed E-state index contributed by atoms with van der Waals surface area (Å²) in [5.41, 5.74) is -0.242. The van der Waals surface area contributed by atoms with Crippen LogP contribution in [0.4, 0.5) is 0 Å². The van der Waals surface area contributed by atoms with Crippen LogP contribution in [0.2, 0.25) is 64.5 Å². The van der Waals surface area contributed by atoms with Crippen molar-refractivity contribution in [3.63, 3.8) is 0 Å². The molecule has 0 rings (SSSR count). The van der Waals surface area contributed by atoms with Gasteiger partial charge in [0.2, 0.25) is 0 Å². The summed E-state index contributed by atoms with van der Waals surface area (Å²) in [7, 11) is -5.02. The molecule has 2 unspecified atom stereocenters. The molecule has 2 atom stereocenters. The average Bonchev–Trinajstić information content (AvgIpc) is 2.08. The first-order chi connectivity index (χ1) is 9.14. The third-order valence-electron chi connectivity index (χ3n) is 3.77. The predicted octanol–water partition coefficient (Wildman–Crippen LogP) is 4.70. The van der Waals surface area contributed by atoms with Crippen LogP contribution >= 0.6 is 0 Å². The van der Waals surface area contributed by atoms with Gasteiger partial charge in [-0.1, -0.05) is 65.0 Å². The van der Waals surface area contributed by atoms with Crippen molar-refractivity contribution in [2.24, 2.45) is 0 Å². The summed E-state index contributed by atoms with van der Waals surface area (Å²) < 4.78 is 2.65. The Labute approximate surface area is 134 Å². The highest BCUT2D eigenvalue weighted by Gasteiger charge is 2.47. The summed E-state index contributed by atoms with van der Waals surface area (Å²) in [6.45, 7) is 24.4. The lowest BCUT2D eigenvalue weighted by molar-refractivity contribution is -0.137. The van der Waals surface area contributed by atoms with Gasteiger partial charge < -0.3 is 9.34 Å². The first-order valence-electron chi connectivity index (χ1n) is 7.77. The quantitative estimate of drug-likeness (QED) is 0.512. The van der Waals surface area contributed by atoms with Crippen LogP contribution < -0.4 is 0 Å². The summed E-state index contributed by atoms with van der Waals surface area (Å²) in [5, 5.41) is 9.89. The number of carbonyl (C=O) groups is 1. The molecule has 0 heterocycles. The first kappa shape index (κ1) is 20.8. The van der Waals surface area contributed by atoms with Crippen molar-refractivity contribution >= 4 is 30.5 Å². The van der Waals surface area contributed by atoms with Crippen LogP contribution in [-0.2, 0) is 4.79 Å². The molecule has 124 valence electrons. The molecule has 0 saturated heterocycles. The van der Waals surface area contributed by atoms with Crippen LogP contribution in [0, 0.1) is 0 Å². The molecule has 0 aliphatic carbocycles. The maximum Gasteiger partial charge on any atom is 0.305 e. The van der Waals surface area contributed by atoms with Gasteiger partial charge in [0, 0.05) is 6.04 Å². The number of hydrogen-bond acceptors (Lipinski definition) is 2. The zero-order valence-corrected chi connectivity index (χ0v) is 18.4. The molecule has 0 radical (unpaired) electrons. The number of carboxylic acids is 1. The molecule has 0 aliphatic heterocycles. The Morgan fingerprint density at radius 1 is 1.05 bits per heavy atom. The molecule has 3 nitrogen and oxygen atoms in total. The number of nitrogens with zero attached hydrogens (tertiary/aromatic N) is 1. The summed E-state index contributed by atoms with van der Waals surface area (Å²) in [4.78, 5) is 12.0. The Balaban J connectivity index is 6.04. The summed E-state index contributed by atoms with van der Waals surface area (Å²) in [5.74, 6) is -0.623. The topological polar surface area (TPSA) is 40.5 Å². The number of rotatable bonds is 8. The van der Waals surface area contributed by atoms with Crippen LogP contribution in [0.25, 0.3) is 0 Å². The highest BCUT2D eigenvalue weighted by atomic mass is 28.4. The monoisotopic (exact) mass is 345 g/mol. The normalized spacial score (nSPS) is 16.7. The van der Waals surface area contributed by atoms with E-state index in [2.05, 4.69) is 69.7 Å². The minimum Gasteiger partial charge on any atom is -0.481 e. The SMILES string of the molecule is C=CCC(C(C(=O)O)[Si](C)(C)C)N([Si](C)(C)C)[Si](C)(C)C. The Bertz CT molecular complexity index is 364. The molecule has 1 N–H and O–H groups in total. The lowest BCUT2D eigenvalue weighted by atomic mass is 10.1. The number of carboxylic acid groups (broad SMARTS) is 1. The van der Waals surface area contributed by atoms with E-state index in [1.807, 2.05) is 6.08 Å². The van der Waals surface area contributed by atoms with E-state index in [1.165, 1.54) is 0 Å². The van der Waals surface area contributed by atoms with E-state index in [4.69, 9.17) is 0 Å². The van der Waals surface area contributed by atoms with Gasteiger partial charge in [-0.2, -0.15) is 0 Å². The van der Waals surface area contributed by atoms with Gasteiger partial charge in [0.05, 0.1) is 13.6 Å².